The van der Waals surface area contributed by atoms with Gasteiger partial charge in [-0.2, -0.15) is 5.10 Å². The molecular weight excluding hydrogens is 266 g/mol. The highest BCUT2D eigenvalue weighted by molar-refractivity contribution is 6.34. The molecule has 0 atom stereocenters. The van der Waals surface area contributed by atoms with E-state index in [0.29, 0.717) is 16.5 Å². The minimum atomic E-state index is -0.298. The van der Waals surface area contributed by atoms with E-state index < -0.39 is 0 Å². The van der Waals surface area contributed by atoms with Crippen LogP contribution >= 0.6 is 11.6 Å². The minimum absolute atomic E-state index is 0.0327. The van der Waals surface area contributed by atoms with Gasteiger partial charge < -0.3 is 4.74 Å². The number of pyridine rings is 1. The first-order chi connectivity index (χ1) is 9.06. The van der Waals surface area contributed by atoms with Gasteiger partial charge in [-0.15, -0.1) is 0 Å². The van der Waals surface area contributed by atoms with Gasteiger partial charge in [-0.25, -0.2) is 0 Å². The molecule has 5 nitrogen and oxygen atoms in total. The van der Waals surface area contributed by atoms with Crippen molar-refractivity contribution in [2.45, 2.75) is 19.9 Å². The molecule has 2 rings (SSSR count). The maximum Gasteiger partial charge on any atom is 0.234 e. The normalized spacial score (nSPS) is 10.8. The second-order valence-corrected chi connectivity index (χ2v) is 4.67. The van der Waals surface area contributed by atoms with E-state index in [0.717, 1.165) is 0 Å². The maximum atomic E-state index is 12.5. The smallest absolute Gasteiger partial charge is 0.234 e. The van der Waals surface area contributed by atoms with Crippen LogP contribution in [0.3, 0.4) is 0 Å². The van der Waals surface area contributed by atoms with Crippen molar-refractivity contribution in [1.29, 1.82) is 0 Å². The van der Waals surface area contributed by atoms with Gasteiger partial charge in [0.15, 0.2) is 11.4 Å². The summed E-state index contributed by atoms with van der Waals surface area (Å²) in [6, 6.07) is 3.34. The number of carbonyl (C=O) groups is 1. The maximum absolute atomic E-state index is 12.5. The number of ketones is 1. The third-order valence-electron chi connectivity index (χ3n) is 2.66. The molecule has 0 fully saturated rings. The molecule has 0 amide bonds. The van der Waals surface area contributed by atoms with Crippen molar-refractivity contribution in [2.24, 2.45) is 0 Å². The van der Waals surface area contributed by atoms with E-state index in [1.54, 1.807) is 16.8 Å². The number of halogens is 1. The fourth-order valence-corrected chi connectivity index (χ4v) is 1.98. The summed E-state index contributed by atoms with van der Waals surface area (Å²) in [5.74, 6) is 0.120. The van der Waals surface area contributed by atoms with E-state index in [2.05, 4.69) is 10.1 Å². The molecule has 0 saturated carbocycles. The highest BCUT2D eigenvalue weighted by atomic mass is 35.5. The van der Waals surface area contributed by atoms with Gasteiger partial charge in [-0.1, -0.05) is 11.6 Å². The van der Waals surface area contributed by atoms with Crippen molar-refractivity contribution in [3.05, 3.63) is 40.9 Å². The Morgan fingerprint density at radius 1 is 1.47 bits per heavy atom. The van der Waals surface area contributed by atoms with Crippen molar-refractivity contribution >= 4 is 17.4 Å². The predicted molar refractivity (Wildman–Crippen MR) is 71.8 cm³/mol. The van der Waals surface area contributed by atoms with E-state index in [4.69, 9.17) is 16.3 Å². The van der Waals surface area contributed by atoms with Crippen LogP contribution in [0.25, 0.3) is 0 Å². The standard InChI is InChI=1S/C13H14ClN3O2/c1-8(2)17-12(10(19-3)7-16-17)13(18)11-9(14)5-4-6-15-11/h4-8H,1-3H3. The number of aromatic nitrogens is 3. The highest BCUT2D eigenvalue weighted by Crippen LogP contribution is 2.25. The lowest BCUT2D eigenvalue weighted by Crippen LogP contribution is -2.15. The van der Waals surface area contributed by atoms with Crippen molar-refractivity contribution in [2.75, 3.05) is 7.11 Å². The molecule has 2 aromatic heterocycles. The third-order valence-corrected chi connectivity index (χ3v) is 2.96. The Kier molecular flexibility index (Phi) is 3.85. The van der Waals surface area contributed by atoms with Crippen LogP contribution in [0.15, 0.2) is 24.5 Å². The number of hydrogen-bond donors (Lipinski definition) is 0. The van der Waals surface area contributed by atoms with Crippen molar-refractivity contribution in [3.8, 4) is 5.75 Å². The molecule has 0 aromatic carbocycles. The summed E-state index contributed by atoms with van der Waals surface area (Å²) in [5, 5.41) is 4.47. The fourth-order valence-electron chi connectivity index (χ4n) is 1.77. The van der Waals surface area contributed by atoms with Crippen molar-refractivity contribution in [3.63, 3.8) is 0 Å². The monoisotopic (exact) mass is 279 g/mol. The molecule has 2 heterocycles. The van der Waals surface area contributed by atoms with E-state index in [-0.39, 0.29) is 17.5 Å². The van der Waals surface area contributed by atoms with Gasteiger partial charge in [0.25, 0.3) is 0 Å². The summed E-state index contributed by atoms with van der Waals surface area (Å²) in [6.07, 6.45) is 3.05. The van der Waals surface area contributed by atoms with Crippen LogP contribution in [0.4, 0.5) is 0 Å². The lowest BCUT2D eigenvalue weighted by atomic mass is 10.1. The van der Waals surface area contributed by atoms with Crippen LogP contribution in [0.1, 0.15) is 36.1 Å². The van der Waals surface area contributed by atoms with Crippen LogP contribution in [-0.2, 0) is 0 Å². The van der Waals surface area contributed by atoms with Crippen molar-refractivity contribution < 1.29 is 9.53 Å². The number of hydrogen-bond acceptors (Lipinski definition) is 4. The number of rotatable bonds is 4. The van der Waals surface area contributed by atoms with Crippen LogP contribution < -0.4 is 4.74 Å². The van der Waals surface area contributed by atoms with E-state index in [1.165, 1.54) is 19.5 Å². The van der Waals surface area contributed by atoms with Gasteiger partial charge in [0.2, 0.25) is 5.78 Å². The lowest BCUT2D eigenvalue weighted by Gasteiger charge is -2.11. The second kappa shape index (κ2) is 5.40. The summed E-state index contributed by atoms with van der Waals surface area (Å²) in [6.45, 7) is 3.87. The summed E-state index contributed by atoms with van der Waals surface area (Å²) in [4.78, 5) is 16.6. The van der Waals surface area contributed by atoms with Gasteiger partial charge in [0.1, 0.15) is 5.69 Å². The van der Waals surface area contributed by atoms with Gasteiger partial charge >= 0.3 is 0 Å². The number of ether oxygens (including phenoxy) is 1. The molecule has 6 heteroatoms. The lowest BCUT2D eigenvalue weighted by molar-refractivity contribution is 0.101. The first-order valence-corrected chi connectivity index (χ1v) is 6.20. The molecule has 0 N–H and O–H groups in total. The van der Waals surface area contributed by atoms with Crippen molar-refractivity contribution in [1.82, 2.24) is 14.8 Å². The van der Waals surface area contributed by atoms with Crippen LogP contribution in [-0.4, -0.2) is 27.7 Å². The zero-order chi connectivity index (χ0) is 14.0. The minimum Gasteiger partial charge on any atom is -0.493 e. The predicted octanol–water partition coefficient (Wildman–Crippen LogP) is 2.75. The van der Waals surface area contributed by atoms with Gasteiger partial charge in [0.05, 0.1) is 18.3 Å². The van der Waals surface area contributed by atoms with Crippen LogP contribution in [0.5, 0.6) is 5.75 Å². The fraction of sp³-hybridized carbons (Fsp3) is 0.308. The average molecular weight is 280 g/mol. The molecule has 19 heavy (non-hydrogen) atoms. The largest absolute Gasteiger partial charge is 0.493 e. The molecule has 0 saturated heterocycles. The molecule has 0 unspecified atom stereocenters. The molecule has 0 radical (unpaired) electrons. The van der Waals surface area contributed by atoms with Gasteiger partial charge in [-0.3, -0.25) is 14.5 Å². The Morgan fingerprint density at radius 2 is 2.21 bits per heavy atom. The zero-order valence-corrected chi connectivity index (χ0v) is 11.7. The Morgan fingerprint density at radius 3 is 2.79 bits per heavy atom. The average Bonchev–Trinajstić information content (AvgIpc) is 2.82. The second-order valence-electron chi connectivity index (χ2n) is 4.26. The Labute approximate surface area is 116 Å². The zero-order valence-electron chi connectivity index (χ0n) is 10.9. The number of carbonyl (C=O) groups excluding carboxylic acids is 1. The topological polar surface area (TPSA) is 57.0 Å². The molecule has 0 bridgehead atoms. The van der Waals surface area contributed by atoms with Crippen LogP contribution in [0, 0.1) is 0 Å². The third kappa shape index (κ3) is 2.46. The molecule has 100 valence electrons. The molecule has 2 aromatic rings. The molecule has 0 aliphatic carbocycles. The summed E-state index contributed by atoms with van der Waals surface area (Å²) in [7, 11) is 1.50. The van der Waals surface area contributed by atoms with E-state index in [9.17, 15) is 4.79 Å². The summed E-state index contributed by atoms with van der Waals surface area (Å²) in [5.41, 5.74) is 0.558. The van der Waals surface area contributed by atoms with Gasteiger partial charge in [-0.05, 0) is 26.0 Å². The molecule has 0 aliphatic rings. The van der Waals surface area contributed by atoms with E-state index in [1.807, 2.05) is 13.8 Å². The molecule has 0 spiro atoms. The quantitative estimate of drug-likeness (QED) is 0.808. The molecule has 0 aliphatic heterocycles. The highest BCUT2D eigenvalue weighted by Gasteiger charge is 2.24. The SMILES string of the molecule is COc1cnn(C(C)C)c1C(=O)c1ncccc1Cl. The number of nitrogens with zero attached hydrogens (tertiary/aromatic N) is 3. The Balaban J connectivity index is 2.55. The summed E-state index contributed by atoms with van der Waals surface area (Å²) < 4.78 is 6.79. The van der Waals surface area contributed by atoms with Crippen LogP contribution in [0.2, 0.25) is 5.02 Å². The number of methoxy groups -OCH3 is 1. The summed E-state index contributed by atoms with van der Waals surface area (Å²) >= 11 is 6.01. The Hall–Kier alpha value is -1.88. The van der Waals surface area contributed by atoms with Gasteiger partial charge in [0, 0.05) is 12.2 Å². The first kappa shape index (κ1) is 13.5. The Bertz CT molecular complexity index is 608. The molecular formula is C13H14ClN3O2. The van der Waals surface area contributed by atoms with E-state index >= 15 is 0 Å². The first-order valence-electron chi connectivity index (χ1n) is 5.83.